The van der Waals surface area contributed by atoms with Gasteiger partial charge < -0.3 is 19.5 Å². The van der Waals surface area contributed by atoms with Crippen LogP contribution in [-0.4, -0.2) is 48.2 Å². The first-order chi connectivity index (χ1) is 11.0. The number of ketones is 1. The highest BCUT2D eigenvalue weighted by Crippen LogP contribution is 2.28. The lowest BCUT2D eigenvalue weighted by Crippen LogP contribution is -2.41. The molecule has 1 saturated heterocycles. The number of piperidine rings is 1. The van der Waals surface area contributed by atoms with Crippen LogP contribution in [0.1, 0.15) is 29.6 Å². The smallest absolute Gasteiger partial charge is 0.407 e. The minimum atomic E-state index is -0.912. The molecule has 1 fully saturated rings. The lowest BCUT2D eigenvalue weighted by molar-refractivity contribution is 0.0893. The van der Waals surface area contributed by atoms with Gasteiger partial charge in [-0.3, -0.25) is 4.79 Å². The Morgan fingerprint density at radius 2 is 2.09 bits per heavy atom. The van der Waals surface area contributed by atoms with E-state index in [1.165, 1.54) is 12.0 Å². The topological polar surface area (TPSA) is 99.9 Å². The van der Waals surface area contributed by atoms with Crippen LogP contribution >= 0.6 is 0 Å². The number of carbonyl (C=O) groups excluding carboxylic acids is 1. The maximum atomic E-state index is 11.8. The molecule has 1 aliphatic rings. The fourth-order valence-corrected chi connectivity index (χ4v) is 2.50. The summed E-state index contributed by atoms with van der Waals surface area (Å²) < 4.78 is 11.0. The molecule has 1 aliphatic heterocycles. The Kier molecular flexibility index (Phi) is 5.41. The lowest BCUT2D eigenvalue weighted by Gasteiger charge is -2.30. The highest BCUT2D eigenvalue weighted by Gasteiger charge is 2.24. The first-order valence-corrected chi connectivity index (χ1v) is 7.28. The third-order valence-electron chi connectivity index (χ3n) is 3.73. The van der Waals surface area contributed by atoms with E-state index in [4.69, 9.17) is 19.8 Å². The minimum absolute atomic E-state index is 0.0732. The van der Waals surface area contributed by atoms with E-state index in [2.05, 4.69) is 0 Å². The van der Waals surface area contributed by atoms with Crippen LogP contribution in [0.4, 0.5) is 4.79 Å². The van der Waals surface area contributed by atoms with Crippen LogP contribution in [0.25, 0.3) is 0 Å². The Balaban J connectivity index is 2.03. The zero-order valence-corrected chi connectivity index (χ0v) is 12.8. The fourth-order valence-electron chi connectivity index (χ4n) is 2.50. The summed E-state index contributed by atoms with van der Waals surface area (Å²) in [5, 5.41) is 17.5. The summed E-state index contributed by atoms with van der Waals surface area (Å²) in [6, 6.07) is 6.69. The molecule has 0 unspecified atom stereocenters. The number of methoxy groups -OCH3 is 1. The highest BCUT2D eigenvalue weighted by molar-refractivity contribution is 6.00. The SMILES string of the molecule is COc1cc(OC2CCN(C(=O)O)CC2)ccc1C(=O)CC#N. The number of carbonyl (C=O) groups is 2. The predicted molar refractivity (Wildman–Crippen MR) is 80.8 cm³/mol. The first kappa shape index (κ1) is 16.6. The average Bonchev–Trinajstić information content (AvgIpc) is 2.55. The van der Waals surface area contributed by atoms with E-state index < -0.39 is 6.09 Å². The van der Waals surface area contributed by atoms with E-state index in [0.29, 0.717) is 43.0 Å². The molecule has 7 nitrogen and oxygen atoms in total. The van der Waals surface area contributed by atoms with Crippen LogP contribution in [0.5, 0.6) is 11.5 Å². The largest absolute Gasteiger partial charge is 0.496 e. The molecule has 0 saturated carbocycles. The number of carboxylic acid groups (broad SMARTS) is 1. The van der Waals surface area contributed by atoms with Crippen molar-refractivity contribution in [1.82, 2.24) is 4.90 Å². The van der Waals surface area contributed by atoms with Crippen LogP contribution in [0, 0.1) is 11.3 Å². The van der Waals surface area contributed by atoms with Gasteiger partial charge >= 0.3 is 6.09 Å². The van der Waals surface area contributed by atoms with Crippen molar-refractivity contribution >= 4 is 11.9 Å². The fraction of sp³-hybridized carbons (Fsp3) is 0.438. The normalized spacial score (nSPS) is 14.9. The van der Waals surface area contributed by atoms with Crippen LogP contribution in [-0.2, 0) is 0 Å². The molecule has 0 atom stereocenters. The Hall–Kier alpha value is -2.75. The Labute approximate surface area is 134 Å². The summed E-state index contributed by atoms with van der Waals surface area (Å²) in [7, 11) is 1.45. The van der Waals surface area contributed by atoms with Gasteiger partial charge in [0.15, 0.2) is 5.78 Å². The molecule has 0 spiro atoms. The molecule has 0 aliphatic carbocycles. The van der Waals surface area contributed by atoms with E-state index in [-0.39, 0.29) is 18.3 Å². The minimum Gasteiger partial charge on any atom is -0.496 e. The van der Waals surface area contributed by atoms with Gasteiger partial charge in [0.1, 0.15) is 17.6 Å². The molecule has 1 amide bonds. The number of ether oxygens (including phenoxy) is 2. The van der Waals surface area contributed by atoms with Gasteiger partial charge in [-0.1, -0.05) is 0 Å². The van der Waals surface area contributed by atoms with Gasteiger partial charge in [-0.05, 0) is 12.1 Å². The van der Waals surface area contributed by atoms with Crippen molar-refractivity contribution in [3.63, 3.8) is 0 Å². The number of benzene rings is 1. The van der Waals surface area contributed by atoms with Crippen molar-refractivity contribution in [3.8, 4) is 17.6 Å². The number of nitriles is 1. The number of likely N-dealkylation sites (tertiary alicyclic amines) is 1. The van der Waals surface area contributed by atoms with E-state index in [9.17, 15) is 9.59 Å². The van der Waals surface area contributed by atoms with Crippen molar-refractivity contribution in [2.75, 3.05) is 20.2 Å². The zero-order valence-electron chi connectivity index (χ0n) is 12.8. The maximum absolute atomic E-state index is 11.8. The van der Waals surface area contributed by atoms with Crippen molar-refractivity contribution in [3.05, 3.63) is 23.8 Å². The van der Waals surface area contributed by atoms with Gasteiger partial charge in [-0.2, -0.15) is 5.26 Å². The number of Topliss-reactive ketones (excluding diaryl/α,β-unsaturated/α-hetero) is 1. The average molecular weight is 318 g/mol. The van der Waals surface area contributed by atoms with Gasteiger partial charge in [0.05, 0.1) is 25.2 Å². The summed E-state index contributed by atoms with van der Waals surface area (Å²) in [6.07, 6.45) is 0.0407. The molecular formula is C16H18N2O5. The third-order valence-corrected chi connectivity index (χ3v) is 3.73. The Bertz CT molecular complexity index is 630. The van der Waals surface area contributed by atoms with Gasteiger partial charge in [-0.25, -0.2) is 4.79 Å². The molecule has 0 aromatic heterocycles. The molecular weight excluding hydrogens is 300 g/mol. The first-order valence-electron chi connectivity index (χ1n) is 7.28. The van der Waals surface area contributed by atoms with Crippen molar-refractivity contribution in [1.29, 1.82) is 5.26 Å². The van der Waals surface area contributed by atoms with Crippen molar-refractivity contribution in [2.24, 2.45) is 0 Å². The summed E-state index contributed by atoms with van der Waals surface area (Å²) in [5.74, 6) is 0.625. The monoisotopic (exact) mass is 318 g/mol. The summed E-state index contributed by atoms with van der Waals surface area (Å²) in [4.78, 5) is 24.1. The lowest BCUT2D eigenvalue weighted by atomic mass is 10.1. The summed E-state index contributed by atoms with van der Waals surface area (Å²) >= 11 is 0. The number of rotatable bonds is 5. The van der Waals surface area contributed by atoms with Gasteiger partial charge in [0.2, 0.25) is 0 Å². The molecule has 1 aromatic carbocycles. The quantitative estimate of drug-likeness (QED) is 0.836. The second-order valence-corrected chi connectivity index (χ2v) is 5.21. The van der Waals surface area contributed by atoms with Crippen LogP contribution < -0.4 is 9.47 Å². The van der Waals surface area contributed by atoms with E-state index in [1.54, 1.807) is 18.2 Å². The van der Waals surface area contributed by atoms with Crippen molar-refractivity contribution in [2.45, 2.75) is 25.4 Å². The number of hydrogen-bond donors (Lipinski definition) is 1. The Morgan fingerprint density at radius 3 is 2.65 bits per heavy atom. The van der Waals surface area contributed by atoms with Gasteiger partial charge in [0.25, 0.3) is 0 Å². The molecule has 0 radical (unpaired) electrons. The molecule has 1 heterocycles. The third kappa shape index (κ3) is 4.13. The van der Waals surface area contributed by atoms with E-state index in [1.807, 2.05) is 6.07 Å². The second kappa shape index (κ2) is 7.49. The summed E-state index contributed by atoms with van der Waals surface area (Å²) in [5.41, 5.74) is 0.349. The van der Waals surface area contributed by atoms with E-state index in [0.717, 1.165) is 0 Å². The summed E-state index contributed by atoms with van der Waals surface area (Å²) in [6.45, 7) is 0.881. The molecule has 7 heteroatoms. The molecule has 23 heavy (non-hydrogen) atoms. The number of hydrogen-bond acceptors (Lipinski definition) is 5. The maximum Gasteiger partial charge on any atom is 0.407 e. The predicted octanol–water partition coefficient (Wildman–Crippen LogP) is 2.31. The molecule has 122 valence electrons. The zero-order chi connectivity index (χ0) is 16.8. The second-order valence-electron chi connectivity index (χ2n) is 5.21. The van der Waals surface area contributed by atoms with Gasteiger partial charge in [-0.15, -0.1) is 0 Å². The number of amides is 1. The van der Waals surface area contributed by atoms with E-state index >= 15 is 0 Å². The molecule has 1 N–H and O–H groups in total. The molecule has 0 bridgehead atoms. The van der Waals surface area contributed by atoms with Crippen LogP contribution in [0.2, 0.25) is 0 Å². The van der Waals surface area contributed by atoms with Crippen molar-refractivity contribution < 1.29 is 24.2 Å². The molecule has 1 aromatic rings. The van der Waals surface area contributed by atoms with Gasteiger partial charge in [0, 0.05) is 32.0 Å². The number of nitrogens with zero attached hydrogens (tertiary/aromatic N) is 2. The highest BCUT2D eigenvalue weighted by atomic mass is 16.5. The standard InChI is InChI=1S/C16H18N2O5/c1-22-15-10-12(2-3-13(15)14(19)4-7-17)23-11-5-8-18(9-6-11)16(20)21/h2-3,10-11H,4-6,8-9H2,1H3,(H,20,21). The molecule has 2 rings (SSSR count). The van der Waals surface area contributed by atoms with Crippen LogP contribution in [0.3, 0.4) is 0 Å². The van der Waals surface area contributed by atoms with Crippen LogP contribution in [0.15, 0.2) is 18.2 Å². The Morgan fingerprint density at radius 1 is 1.39 bits per heavy atom.